The number of ether oxygens (including phenoxy) is 2. The van der Waals surface area contributed by atoms with Crippen molar-refractivity contribution < 1.29 is 9.47 Å². The Morgan fingerprint density at radius 2 is 1.75 bits per heavy atom. The molecular weight excluding hydrogens is 424 g/mol. The van der Waals surface area contributed by atoms with Crippen LogP contribution < -0.4 is 10.2 Å². The molecule has 1 N–H and O–H groups in total. The second-order valence-electron chi connectivity index (χ2n) is 8.76. The smallest absolute Gasteiger partial charge is 0.147 e. The molecule has 170 valence electrons. The van der Waals surface area contributed by atoms with Crippen LogP contribution in [0.5, 0.6) is 0 Å². The van der Waals surface area contributed by atoms with Crippen LogP contribution in [0.4, 0.5) is 11.6 Å². The second kappa shape index (κ2) is 9.05. The maximum absolute atomic E-state index is 5.57. The maximum Gasteiger partial charge on any atom is 0.147 e. The molecule has 0 amide bonds. The van der Waals surface area contributed by atoms with E-state index in [1.54, 1.807) is 17.7 Å². The van der Waals surface area contributed by atoms with Crippen molar-refractivity contribution in [3.63, 3.8) is 0 Å². The van der Waals surface area contributed by atoms with E-state index in [-0.39, 0.29) is 0 Å². The molecule has 0 unspecified atom stereocenters. The van der Waals surface area contributed by atoms with Gasteiger partial charge in [-0.3, -0.25) is 4.90 Å². The Labute approximate surface area is 191 Å². The van der Waals surface area contributed by atoms with Crippen molar-refractivity contribution in [3.8, 4) is 0 Å². The third-order valence-electron chi connectivity index (χ3n) is 6.81. The zero-order valence-electron chi connectivity index (χ0n) is 18.4. The fourth-order valence-corrected chi connectivity index (χ4v) is 6.30. The van der Waals surface area contributed by atoms with E-state index >= 15 is 0 Å². The fourth-order valence-electron chi connectivity index (χ4n) is 5.18. The van der Waals surface area contributed by atoms with Gasteiger partial charge in [0.1, 0.15) is 22.8 Å². The second-order valence-corrected chi connectivity index (χ2v) is 9.76. The summed E-state index contributed by atoms with van der Waals surface area (Å²) >= 11 is 1.74. The van der Waals surface area contributed by atoms with Gasteiger partial charge in [-0.2, -0.15) is 0 Å². The number of hydrogen-bond donors (Lipinski definition) is 1. The van der Waals surface area contributed by atoms with Crippen LogP contribution in [0.2, 0.25) is 0 Å². The Morgan fingerprint density at radius 3 is 2.59 bits per heavy atom. The van der Waals surface area contributed by atoms with Crippen molar-refractivity contribution in [1.29, 1.82) is 0 Å². The number of fused-ring (bicyclic) bond motifs is 5. The first-order valence-electron chi connectivity index (χ1n) is 11.8. The molecule has 6 rings (SSSR count). The van der Waals surface area contributed by atoms with Crippen molar-refractivity contribution in [1.82, 2.24) is 19.9 Å². The molecule has 8 nitrogen and oxygen atoms in total. The number of morpholine rings is 2. The molecule has 32 heavy (non-hydrogen) atoms. The summed E-state index contributed by atoms with van der Waals surface area (Å²) in [5, 5.41) is 4.84. The summed E-state index contributed by atoms with van der Waals surface area (Å²) in [6.45, 7) is 9.19. The maximum atomic E-state index is 5.57. The van der Waals surface area contributed by atoms with E-state index in [1.807, 2.05) is 0 Å². The lowest BCUT2D eigenvalue weighted by atomic mass is 10.1. The Hall–Kier alpha value is -2.07. The third kappa shape index (κ3) is 3.81. The van der Waals surface area contributed by atoms with Crippen LogP contribution in [-0.4, -0.2) is 85.5 Å². The highest BCUT2D eigenvalue weighted by Gasteiger charge is 2.27. The summed E-state index contributed by atoms with van der Waals surface area (Å²) in [6, 6.07) is 0. The molecule has 0 spiro atoms. The Balaban J connectivity index is 1.29. The molecule has 2 saturated heterocycles. The summed E-state index contributed by atoms with van der Waals surface area (Å²) in [6.07, 6.45) is 6.22. The van der Waals surface area contributed by atoms with Crippen molar-refractivity contribution in [3.05, 3.63) is 17.5 Å². The van der Waals surface area contributed by atoms with Gasteiger partial charge in [-0.1, -0.05) is 0 Å². The highest BCUT2D eigenvalue weighted by atomic mass is 32.1. The molecule has 0 radical (unpaired) electrons. The molecule has 3 aliphatic rings. The number of aryl methyl sites for hydroxylation is 1. The molecule has 9 heteroatoms. The van der Waals surface area contributed by atoms with Crippen molar-refractivity contribution >= 4 is 43.4 Å². The number of hydrogen-bond acceptors (Lipinski definition) is 9. The zero-order chi connectivity index (χ0) is 21.3. The van der Waals surface area contributed by atoms with Gasteiger partial charge in [0, 0.05) is 38.1 Å². The molecule has 2 fully saturated rings. The largest absolute Gasteiger partial charge is 0.379 e. The fraction of sp³-hybridized carbons (Fsp3) is 0.609. The first-order valence-corrected chi connectivity index (χ1v) is 12.7. The average Bonchev–Trinajstić information content (AvgIpc) is 3.47. The topological polar surface area (TPSA) is 75.6 Å². The van der Waals surface area contributed by atoms with Gasteiger partial charge in [0.25, 0.3) is 0 Å². The first kappa shape index (κ1) is 20.5. The summed E-state index contributed by atoms with van der Waals surface area (Å²) in [5.74, 6) is 2.12. The standard InChI is InChI=1S/C23H30N6O2S/c1-3-16-17(4-1)22(29-9-13-31-14-10-29)27-23-18(16)19-20(32-23)21(26-15-25-19)24-5-2-6-28-7-11-30-12-8-28/h15H,1-14H2,(H,24,25,26). The molecule has 1 aliphatic carbocycles. The van der Waals surface area contributed by atoms with Gasteiger partial charge in [-0.25, -0.2) is 15.0 Å². The molecule has 0 saturated carbocycles. The monoisotopic (exact) mass is 454 g/mol. The van der Waals surface area contributed by atoms with Crippen LogP contribution in [0, 0.1) is 0 Å². The van der Waals surface area contributed by atoms with E-state index in [4.69, 9.17) is 19.4 Å². The molecular formula is C23H30N6O2S. The third-order valence-corrected chi connectivity index (χ3v) is 7.89. The minimum Gasteiger partial charge on any atom is -0.379 e. The van der Waals surface area contributed by atoms with Crippen LogP contribution >= 0.6 is 11.3 Å². The molecule has 0 bridgehead atoms. The number of rotatable bonds is 6. The highest BCUT2D eigenvalue weighted by Crippen LogP contribution is 2.43. The summed E-state index contributed by atoms with van der Waals surface area (Å²) in [5.41, 5.74) is 3.95. The van der Waals surface area contributed by atoms with E-state index in [0.29, 0.717) is 0 Å². The lowest BCUT2D eigenvalue weighted by molar-refractivity contribution is 0.0378. The average molecular weight is 455 g/mol. The predicted molar refractivity (Wildman–Crippen MR) is 128 cm³/mol. The normalized spacial score (nSPS) is 19.7. The summed E-state index contributed by atoms with van der Waals surface area (Å²) < 4.78 is 12.2. The van der Waals surface area contributed by atoms with Gasteiger partial charge in [-0.15, -0.1) is 11.3 Å². The van der Waals surface area contributed by atoms with Crippen molar-refractivity contribution in [2.24, 2.45) is 0 Å². The first-order chi connectivity index (χ1) is 15.9. The number of nitrogens with zero attached hydrogens (tertiary/aromatic N) is 5. The minimum atomic E-state index is 0.783. The SMILES string of the molecule is c1nc(NCCCN2CCOCC2)c2sc3nc(N4CCOCC4)c4c(c3c2n1)CCC4. The van der Waals surface area contributed by atoms with Crippen LogP contribution in [-0.2, 0) is 22.3 Å². The van der Waals surface area contributed by atoms with E-state index < -0.39 is 0 Å². The number of pyridine rings is 1. The quantitative estimate of drug-likeness (QED) is 0.570. The van der Waals surface area contributed by atoms with E-state index in [2.05, 4.69) is 20.1 Å². The Kier molecular flexibility index (Phi) is 5.81. The summed E-state index contributed by atoms with van der Waals surface area (Å²) in [7, 11) is 0. The minimum absolute atomic E-state index is 0.783. The number of thiophene rings is 1. The Morgan fingerprint density at radius 1 is 0.969 bits per heavy atom. The van der Waals surface area contributed by atoms with Gasteiger partial charge in [0.2, 0.25) is 0 Å². The van der Waals surface area contributed by atoms with Gasteiger partial charge in [0.15, 0.2) is 0 Å². The van der Waals surface area contributed by atoms with Gasteiger partial charge in [0.05, 0.1) is 36.6 Å². The predicted octanol–water partition coefficient (Wildman–Crippen LogP) is 2.70. The Bertz CT molecular complexity index is 1110. The number of anilines is 2. The van der Waals surface area contributed by atoms with E-state index in [0.717, 1.165) is 106 Å². The van der Waals surface area contributed by atoms with Crippen LogP contribution in [0.25, 0.3) is 20.4 Å². The number of aromatic nitrogens is 3. The molecule has 0 aromatic carbocycles. The van der Waals surface area contributed by atoms with Crippen molar-refractivity contribution in [2.45, 2.75) is 25.7 Å². The highest BCUT2D eigenvalue weighted by molar-refractivity contribution is 7.26. The lowest BCUT2D eigenvalue weighted by Crippen LogP contribution is -2.37. The molecule has 3 aromatic rings. The van der Waals surface area contributed by atoms with E-state index in [1.165, 1.54) is 28.8 Å². The lowest BCUT2D eigenvalue weighted by Gasteiger charge is -2.29. The van der Waals surface area contributed by atoms with Crippen LogP contribution in [0.1, 0.15) is 24.0 Å². The van der Waals surface area contributed by atoms with Gasteiger partial charge in [-0.05, 0) is 43.4 Å². The van der Waals surface area contributed by atoms with Crippen molar-refractivity contribution in [2.75, 3.05) is 75.9 Å². The van der Waals surface area contributed by atoms with Gasteiger partial charge < -0.3 is 19.7 Å². The van der Waals surface area contributed by atoms with Crippen LogP contribution in [0.3, 0.4) is 0 Å². The van der Waals surface area contributed by atoms with Gasteiger partial charge >= 0.3 is 0 Å². The summed E-state index contributed by atoms with van der Waals surface area (Å²) in [4.78, 5) is 20.5. The van der Waals surface area contributed by atoms with E-state index in [9.17, 15) is 0 Å². The number of nitrogens with one attached hydrogen (secondary N) is 1. The zero-order valence-corrected chi connectivity index (χ0v) is 19.3. The van der Waals surface area contributed by atoms with Crippen LogP contribution in [0.15, 0.2) is 6.33 Å². The molecule has 5 heterocycles. The molecule has 0 atom stereocenters. The molecule has 2 aliphatic heterocycles. The molecule has 3 aromatic heterocycles.